The highest BCUT2D eigenvalue weighted by atomic mass is 32.2. The van der Waals surface area contributed by atoms with E-state index in [0.29, 0.717) is 0 Å². The van der Waals surface area contributed by atoms with Gasteiger partial charge in [0.2, 0.25) is 5.82 Å². The van der Waals surface area contributed by atoms with Crippen LogP contribution < -0.4 is 4.74 Å². The summed E-state index contributed by atoms with van der Waals surface area (Å²) in [4.78, 5) is -1.32. The van der Waals surface area contributed by atoms with Crippen molar-refractivity contribution in [3.05, 3.63) is 34.9 Å². The molecule has 4 nitrogen and oxygen atoms in total. The zero-order chi connectivity index (χ0) is 16.6. The van der Waals surface area contributed by atoms with Crippen LogP contribution in [0.1, 0.15) is 0 Å². The van der Waals surface area contributed by atoms with Crippen molar-refractivity contribution in [3.8, 4) is 5.75 Å². The molecule has 0 spiro atoms. The molecule has 1 N–H and O–H groups in total. The summed E-state index contributed by atoms with van der Waals surface area (Å²) in [5, 5.41) is 8.02. The van der Waals surface area contributed by atoms with Gasteiger partial charge in [0.15, 0.2) is 34.8 Å². The lowest BCUT2D eigenvalue weighted by atomic mass is 10.1. The van der Waals surface area contributed by atoms with E-state index < -0.39 is 56.3 Å². The molecule has 0 aromatic heterocycles. The highest BCUT2D eigenvalue weighted by molar-refractivity contribution is 7.94. The Balaban J connectivity index is 2.96. The number of methoxy groups -OCH3 is 1. The lowest BCUT2D eigenvalue weighted by Crippen LogP contribution is -2.05. The van der Waals surface area contributed by atoms with E-state index in [9.17, 15) is 26.3 Å². The molecule has 0 saturated carbocycles. The van der Waals surface area contributed by atoms with E-state index in [1.165, 1.54) is 0 Å². The number of hydrogen-bond donors (Lipinski definition) is 1. The molecule has 22 heavy (non-hydrogen) atoms. The number of rotatable bonds is 4. The predicted octanol–water partition coefficient (Wildman–Crippen LogP) is 4.11. The number of hydrogen-bond acceptors (Lipinski definition) is 5. The smallest absolute Gasteiger partial charge is 0.204 e. The van der Waals surface area contributed by atoms with Crippen molar-refractivity contribution in [2.24, 2.45) is 0 Å². The maximum Gasteiger partial charge on any atom is 0.204 e. The van der Waals surface area contributed by atoms with Crippen molar-refractivity contribution in [2.45, 2.75) is 4.90 Å². The molecular weight excluding hydrogens is 342 g/mol. The minimum Gasteiger partial charge on any atom is -0.491 e. The quantitative estimate of drug-likeness (QED) is 0.297. The Hall–Kier alpha value is -1.69. The molecular formula is C11H4F6O4S. The van der Waals surface area contributed by atoms with Crippen molar-refractivity contribution < 1.29 is 45.7 Å². The van der Waals surface area contributed by atoms with Crippen LogP contribution in [0.3, 0.4) is 0 Å². The van der Waals surface area contributed by atoms with E-state index in [-0.39, 0.29) is 12.0 Å². The second kappa shape index (κ2) is 6.20. The third-order valence-corrected chi connectivity index (χ3v) is 3.32. The Morgan fingerprint density at radius 1 is 0.773 bits per heavy atom. The topological polar surface area (TPSA) is 47.9 Å². The first-order valence-corrected chi connectivity index (χ1v) is 5.96. The number of ether oxygens (including phenoxy) is 1. The van der Waals surface area contributed by atoms with Crippen molar-refractivity contribution in [1.29, 1.82) is 0 Å². The zero-order valence-corrected chi connectivity index (χ0v) is 11.2. The summed E-state index contributed by atoms with van der Waals surface area (Å²) in [5.74, 6) is -12.9. The van der Waals surface area contributed by atoms with Gasteiger partial charge in [0.25, 0.3) is 0 Å². The Bertz CT molecular complexity index is 754. The first-order valence-electron chi connectivity index (χ1n) is 5.22. The lowest BCUT2D eigenvalue weighted by molar-refractivity contribution is -0.432. The Kier molecular flexibility index (Phi) is 4.70. The molecule has 0 aliphatic rings. The van der Waals surface area contributed by atoms with Crippen molar-refractivity contribution in [1.82, 2.24) is 0 Å². The van der Waals surface area contributed by atoms with Crippen LogP contribution in [0.2, 0.25) is 0 Å². The molecule has 120 valence electrons. The maximum atomic E-state index is 14.0. The first kappa shape index (κ1) is 16.7. The lowest BCUT2D eigenvalue weighted by Gasteiger charge is -2.12. The predicted molar refractivity (Wildman–Crippen MR) is 60.9 cm³/mol. The average molecular weight is 346 g/mol. The van der Waals surface area contributed by atoms with E-state index in [1.807, 2.05) is 0 Å². The largest absolute Gasteiger partial charge is 0.491 e. The monoisotopic (exact) mass is 346 g/mol. The normalized spacial score (nSPS) is 11.3. The Morgan fingerprint density at radius 3 is 1.86 bits per heavy atom. The fourth-order valence-corrected chi connectivity index (χ4v) is 2.21. The summed E-state index contributed by atoms with van der Waals surface area (Å²) in [5.41, 5.74) is 0. The minimum atomic E-state index is -2.00. The van der Waals surface area contributed by atoms with E-state index in [0.717, 1.165) is 7.11 Å². The van der Waals surface area contributed by atoms with Crippen LogP contribution in [0.4, 0.5) is 26.3 Å². The molecule has 0 fully saturated rings. The Labute approximate surface area is 122 Å². The molecule has 0 saturated heterocycles. The maximum absolute atomic E-state index is 14.0. The van der Waals surface area contributed by atoms with Gasteiger partial charge >= 0.3 is 0 Å². The van der Waals surface area contributed by atoms with Gasteiger partial charge in [-0.2, -0.15) is 4.39 Å². The van der Waals surface area contributed by atoms with Gasteiger partial charge in [-0.3, -0.25) is 0 Å². The van der Waals surface area contributed by atoms with Crippen LogP contribution in [0.5, 0.6) is 5.75 Å². The van der Waals surface area contributed by atoms with Crippen LogP contribution in [0.15, 0.2) is 4.90 Å². The SMILES string of the molecule is COc1c(F)c(F)c2c(F)c(SOOO)c(F)c(F)c2c1F. The van der Waals surface area contributed by atoms with Gasteiger partial charge in [-0.05, 0) is 0 Å². The zero-order valence-electron chi connectivity index (χ0n) is 10.3. The van der Waals surface area contributed by atoms with Crippen LogP contribution >= 0.6 is 12.0 Å². The Morgan fingerprint density at radius 2 is 1.32 bits per heavy atom. The van der Waals surface area contributed by atoms with E-state index in [2.05, 4.69) is 14.1 Å². The molecule has 11 heteroatoms. The van der Waals surface area contributed by atoms with E-state index in [1.54, 1.807) is 0 Å². The second-order valence-corrected chi connectivity index (χ2v) is 4.43. The van der Waals surface area contributed by atoms with Gasteiger partial charge in [-0.15, -0.1) is 4.33 Å². The van der Waals surface area contributed by atoms with Gasteiger partial charge in [-0.1, -0.05) is 5.04 Å². The minimum absolute atomic E-state index is 0.372. The van der Waals surface area contributed by atoms with Gasteiger partial charge in [0.1, 0.15) is 4.90 Å². The molecule has 0 unspecified atom stereocenters. The first-order chi connectivity index (χ1) is 10.4. The molecule has 0 amide bonds. The average Bonchev–Trinajstić information content (AvgIpc) is 2.49. The molecule has 0 radical (unpaired) electrons. The van der Waals surface area contributed by atoms with Gasteiger partial charge in [0, 0.05) is 0 Å². The van der Waals surface area contributed by atoms with Crippen LogP contribution in [0.25, 0.3) is 10.8 Å². The van der Waals surface area contributed by atoms with Gasteiger partial charge < -0.3 is 4.74 Å². The second-order valence-electron chi connectivity index (χ2n) is 3.72. The van der Waals surface area contributed by atoms with Crippen LogP contribution in [-0.2, 0) is 9.37 Å². The van der Waals surface area contributed by atoms with Crippen molar-refractivity contribution >= 4 is 22.8 Å². The van der Waals surface area contributed by atoms with Crippen LogP contribution in [0, 0.1) is 34.9 Å². The molecule has 0 bridgehead atoms. The summed E-state index contributed by atoms with van der Waals surface area (Å²) in [7, 11) is 0.758. The molecule has 0 aliphatic carbocycles. The molecule has 0 atom stereocenters. The molecule has 0 aliphatic heterocycles. The third-order valence-electron chi connectivity index (χ3n) is 2.66. The highest BCUT2D eigenvalue weighted by Gasteiger charge is 2.31. The van der Waals surface area contributed by atoms with Crippen molar-refractivity contribution in [2.75, 3.05) is 7.11 Å². The molecule has 0 heterocycles. The summed E-state index contributed by atoms with van der Waals surface area (Å²) < 4.78 is 90.8. The molecule has 2 rings (SSSR count). The summed E-state index contributed by atoms with van der Waals surface area (Å²) in [6.07, 6.45) is 0. The number of benzene rings is 2. The highest BCUT2D eigenvalue weighted by Crippen LogP contribution is 2.40. The van der Waals surface area contributed by atoms with Gasteiger partial charge in [-0.25, -0.2) is 27.2 Å². The summed E-state index contributed by atoms with van der Waals surface area (Å²) in [6.45, 7) is 0. The fourth-order valence-electron chi connectivity index (χ4n) is 1.77. The number of halogens is 6. The molecule has 2 aromatic carbocycles. The van der Waals surface area contributed by atoms with Crippen LogP contribution in [-0.4, -0.2) is 12.4 Å². The van der Waals surface area contributed by atoms with Crippen molar-refractivity contribution in [3.63, 3.8) is 0 Å². The summed E-state index contributed by atoms with van der Waals surface area (Å²) in [6, 6.07) is 0. The standard InChI is InChI=1S/C11H4F6O4S/c1-19-10-6(14)2-3(4(12)8(10)16)7(15)11(22-21-20-18)9(17)5(2)13/h18H,1H3. The van der Waals surface area contributed by atoms with Gasteiger partial charge in [0.05, 0.1) is 29.9 Å². The fraction of sp³-hybridized carbons (Fsp3) is 0.0909. The third kappa shape index (κ3) is 2.35. The van der Waals surface area contributed by atoms with E-state index in [4.69, 9.17) is 5.26 Å². The summed E-state index contributed by atoms with van der Waals surface area (Å²) >= 11 is -0.372. The van der Waals surface area contributed by atoms with E-state index >= 15 is 0 Å². The number of fused-ring (bicyclic) bond motifs is 1. The molecule has 2 aromatic rings.